The van der Waals surface area contributed by atoms with Crippen LogP contribution in [0.3, 0.4) is 0 Å². The highest BCUT2D eigenvalue weighted by molar-refractivity contribution is 9.10. The molecule has 124 valence electrons. The van der Waals surface area contributed by atoms with E-state index in [-0.39, 0.29) is 0 Å². The molecule has 2 aromatic carbocycles. The van der Waals surface area contributed by atoms with Gasteiger partial charge in [0.15, 0.2) is 0 Å². The summed E-state index contributed by atoms with van der Waals surface area (Å²) in [5.74, 6) is 1.60. The van der Waals surface area contributed by atoms with E-state index in [4.69, 9.17) is 0 Å². The molecule has 0 radical (unpaired) electrons. The Morgan fingerprint density at radius 1 is 0.708 bits per heavy atom. The second-order valence-corrected chi connectivity index (χ2v) is 10.4. The Hall–Kier alpha value is -0.600. The molecule has 0 N–H and O–H groups in total. The van der Waals surface area contributed by atoms with E-state index in [1.807, 2.05) is 0 Å². The number of fused-ring (bicyclic) bond motifs is 3. The molecule has 0 bridgehead atoms. The summed E-state index contributed by atoms with van der Waals surface area (Å²) < 4.78 is 2.45. The van der Waals surface area contributed by atoms with Gasteiger partial charge in [0.05, 0.1) is 0 Å². The topological polar surface area (TPSA) is 0 Å². The van der Waals surface area contributed by atoms with Gasteiger partial charge in [-0.3, -0.25) is 0 Å². The van der Waals surface area contributed by atoms with Crippen LogP contribution in [0.2, 0.25) is 0 Å². The fourth-order valence-electron chi connectivity index (χ4n) is 6.72. The van der Waals surface area contributed by atoms with Crippen molar-refractivity contribution in [1.29, 1.82) is 0 Å². The molecule has 0 aromatic heterocycles. The highest BCUT2D eigenvalue weighted by Gasteiger charge is 2.65. The van der Waals surface area contributed by atoms with Gasteiger partial charge in [-0.05, 0) is 84.0 Å². The minimum atomic E-state index is 0.332. The van der Waals surface area contributed by atoms with Gasteiger partial charge in [0.25, 0.3) is 0 Å². The van der Waals surface area contributed by atoms with Crippen LogP contribution in [0.1, 0.15) is 50.7 Å². The van der Waals surface area contributed by atoms with Crippen molar-refractivity contribution in [3.8, 4) is 11.1 Å². The van der Waals surface area contributed by atoms with Crippen molar-refractivity contribution in [3.05, 3.63) is 56.5 Å². The zero-order chi connectivity index (χ0) is 16.7. The largest absolute Gasteiger partial charge is 0.0624 e. The number of rotatable bonds is 0. The predicted octanol–water partition coefficient (Wildman–Crippen LogP) is 7.23. The molecular formula is C22H22Br2. The van der Waals surface area contributed by atoms with Crippen molar-refractivity contribution in [1.82, 2.24) is 0 Å². The monoisotopic (exact) mass is 444 g/mol. The predicted molar refractivity (Wildman–Crippen MR) is 107 cm³/mol. The molecule has 0 amide bonds. The summed E-state index contributed by atoms with van der Waals surface area (Å²) in [6, 6.07) is 14.0. The summed E-state index contributed by atoms with van der Waals surface area (Å²) in [6.07, 6.45) is 5.36. The van der Waals surface area contributed by atoms with E-state index in [0.29, 0.717) is 10.8 Å². The maximum absolute atomic E-state index is 3.75. The van der Waals surface area contributed by atoms with Gasteiger partial charge in [0.1, 0.15) is 0 Å². The lowest BCUT2D eigenvalue weighted by atomic mass is 9.55. The first-order chi connectivity index (χ1) is 11.4. The average Bonchev–Trinajstić information content (AvgIpc) is 2.95. The summed E-state index contributed by atoms with van der Waals surface area (Å²) in [5, 5.41) is 0. The lowest BCUT2D eigenvalue weighted by Gasteiger charge is -2.47. The van der Waals surface area contributed by atoms with Crippen molar-refractivity contribution in [2.45, 2.75) is 50.4 Å². The quantitative estimate of drug-likeness (QED) is 0.401. The Morgan fingerprint density at radius 3 is 1.46 bits per heavy atom. The lowest BCUT2D eigenvalue weighted by Crippen LogP contribution is -2.43. The highest BCUT2D eigenvalue weighted by atomic mass is 79.9. The molecule has 0 unspecified atom stereocenters. The molecule has 2 fully saturated rings. The summed E-state index contributed by atoms with van der Waals surface area (Å²) in [4.78, 5) is 0. The van der Waals surface area contributed by atoms with E-state index in [9.17, 15) is 0 Å². The van der Waals surface area contributed by atoms with Crippen LogP contribution in [-0.2, 0) is 10.8 Å². The van der Waals surface area contributed by atoms with Crippen LogP contribution in [0.15, 0.2) is 45.3 Å². The average molecular weight is 446 g/mol. The molecule has 0 atom stereocenters. The maximum Gasteiger partial charge on any atom is 0.0178 e. The van der Waals surface area contributed by atoms with E-state index >= 15 is 0 Å². The maximum atomic E-state index is 3.75. The molecule has 3 aliphatic rings. The fourth-order valence-corrected chi connectivity index (χ4v) is 7.44. The van der Waals surface area contributed by atoms with Crippen LogP contribution in [-0.4, -0.2) is 0 Å². The summed E-state index contributed by atoms with van der Waals surface area (Å²) in [5.41, 5.74) is 6.83. The van der Waals surface area contributed by atoms with E-state index in [1.165, 1.54) is 45.8 Å². The Morgan fingerprint density at radius 2 is 1.08 bits per heavy atom. The van der Waals surface area contributed by atoms with E-state index in [1.54, 1.807) is 11.1 Å². The Bertz CT molecular complexity index is 768. The van der Waals surface area contributed by atoms with E-state index < -0.39 is 0 Å². The summed E-state index contributed by atoms with van der Waals surface area (Å²) in [7, 11) is 0. The third-order valence-electron chi connectivity index (χ3n) is 6.99. The number of hydrogen-bond donors (Lipinski definition) is 0. The molecule has 0 heterocycles. The first-order valence-corrected chi connectivity index (χ1v) is 10.6. The summed E-state index contributed by atoms with van der Waals surface area (Å²) >= 11 is 7.51. The smallest absolute Gasteiger partial charge is 0.0178 e. The molecule has 0 aliphatic heterocycles. The van der Waals surface area contributed by atoms with Gasteiger partial charge in [-0.2, -0.15) is 0 Å². The zero-order valence-electron chi connectivity index (χ0n) is 14.2. The van der Waals surface area contributed by atoms with Gasteiger partial charge < -0.3 is 0 Å². The molecule has 2 heteroatoms. The van der Waals surface area contributed by atoms with Gasteiger partial charge in [-0.15, -0.1) is 0 Å². The fraction of sp³-hybridized carbons (Fsp3) is 0.455. The normalized spacial score (nSPS) is 36.0. The van der Waals surface area contributed by atoms with Gasteiger partial charge in [0.2, 0.25) is 0 Å². The van der Waals surface area contributed by atoms with Crippen molar-refractivity contribution in [3.63, 3.8) is 0 Å². The molecule has 24 heavy (non-hydrogen) atoms. The van der Waals surface area contributed by atoms with Gasteiger partial charge >= 0.3 is 0 Å². The number of benzene rings is 2. The van der Waals surface area contributed by atoms with Gasteiger partial charge in [-0.1, -0.05) is 57.8 Å². The molecule has 2 saturated carbocycles. The number of halogens is 2. The van der Waals surface area contributed by atoms with Crippen molar-refractivity contribution >= 4 is 31.9 Å². The molecule has 0 spiro atoms. The van der Waals surface area contributed by atoms with Crippen molar-refractivity contribution in [2.24, 2.45) is 11.8 Å². The standard InChI is InChI=1S/C22H22Br2/c1-13-9-21-11-14(2)12-22(21,10-13)20-8-16(24)4-6-18(20)17-5-3-15(23)7-19(17)21/h3-8,13-14H,9-12H2,1-2H3/t13-,14+,21+,22-. The van der Waals surface area contributed by atoms with Crippen LogP contribution in [0.5, 0.6) is 0 Å². The molecule has 3 aliphatic carbocycles. The molecule has 0 nitrogen and oxygen atoms in total. The second kappa shape index (κ2) is 4.98. The Balaban J connectivity index is 1.92. The van der Waals surface area contributed by atoms with Crippen LogP contribution >= 0.6 is 31.9 Å². The zero-order valence-corrected chi connectivity index (χ0v) is 17.4. The van der Waals surface area contributed by atoms with Crippen molar-refractivity contribution < 1.29 is 0 Å². The first kappa shape index (κ1) is 15.6. The lowest BCUT2D eigenvalue weighted by molar-refractivity contribution is 0.299. The molecule has 2 aromatic rings. The minimum Gasteiger partial charge on any atom is -0.0624 e. The Kier molecular flexibility index (Phi) is 3.24. The van der Waals surface area contributed by atoms with Crippen LogP contribution in [0, 0.1) is 11.8 Å². The SMILES string of the molecule is C[C@H]1C[C@]23C[C@@H](C)C[C@@]2(C1)c1cc(Br)ccc1-c1ccc(Br)cc13. The van der Waals surface area contributed by atoms with Crippen molar-refractivity contribution in [2.75, 3.05) is 0 Å². The highest BCUT2D eigenvalue weighted by Crippen LogP contribution is 2.71. The third-order valence-corrected chi connectivity index (χ3v) is 7.97. The first-order valence-electron chi connectivity index (χ1n) is 9.06. The number of hydrogen-bond acceptors (Lipinski definition) is 0. The molecule has 5 rings (SSSR count). The van der Waals surface area contributed by atoms with E-state index in [0.717, 1.165) is 11.8 Å². The van der Waals surface area contributed by atoms with Crippen LogP contribution in [0.25, 0.3) is 11.1 Å². The third kappa shape index (κ3) is 1.80. The Labute approximate surface area is 161 Å². The molecular weight excluding hydrogens is 424 g/mol. The van der Waals surface area contributed by atoms with Gasteiger partial charge in [0, 0.05) is 19.8 Å². The summed E-state index contributed by atoms with van der Waals surface area (Å²) in [6.45, 7) is 4.93. The van der Waals surface area contributed by atoms with Crippen LogP contribution < -0.4 is 0 Å². The molecule has 0 saturated heterocycles. The van der Waals surface area contributed by atoms with Crippen LogP contribution in [0.4, 0.5) is 0 Å². The van der Waals surface area contributed by atoms with E-state index in [2.05, 4.69) is 82.1 Å². The second-order valence-electron chi connectivity index (χ2n) is 8.57. The minimum absolute atomic E-state index is 0.332. The van der Waals surface area contributed by atoms with Gasteiger partial charge in [-0.25, -0.2) is 0 Å².